The minimum absolute atomic E-state index is 0.164. The fraction of sp³-hybridized carbons (Fsp3) is 0.133. The lowest BCUT2D eigenvalue weighted by atomic mass is 10.1. The zero-order valence-electron chi connectivity index (χ0n) is 11.1. The number of benzene rings is 2. The largest absolute Gasteiger partial charge is 0.508 e. The molecule has 5 nitrogen and oxygen atoms in total. The van der Waals surface area contributed by atoms with Crippen molar-refractivity contribution in [3.63, 3.8) is 0 Å². The molecule has 0 aromatic heterocycles. The Hall–Kier alpha value is -2.53. The van der Waals surface area contributed by atoms with Crippen LogP contribution in [0.3, 0.4) is 0 Å². The highest BCUT2D eigenvalue weighted by molar-refractivity contribution is 6.05. The van der Waals surface area contributed by atoms with E-state index < -0.39 is 5.91 Å². The van der Waals surface area contributed by atoms with Crippen LogP contribution in [0.1, 0.15) is 21.5 Å². The van der Waals surface area contributed by atoms with E-state index >= 15 is 0 Å². The van der Waals surface area contributed by atoms with E-state index in [0.29, 0.717) is 12.2 Å². The number of phenols is 2. The fourth-order valence-corrected chi connectivity index (χ4v) is 1.85. The number of aromatic hydroxyl groups is 2. The van der Waals surface area contributed by atoms with Crippen LogP contribution in [0.25, 0.3) is 0 Å². The standard InChI is InChI=1S/C15H16N2O3/c1-9-2-3-10(8-16)4-14(9)17-15(20)11-5-12(18)7-13(19)6-11/h2-7,18-19H,8,16H2,1H3,(H,17,20). The van der Waals surface area contributed by atoms with E-state index in [0.717, 1.165) is 17.2 Å². The second-order valence-corrected chi connectivity index (χ2v) is 4.55. The number of carbonyl (C=O) groups is 1. The quantitative estimate of drug-likeness (QED) is 0.688. The molecular weight excluding hydrogens is 256 g/mol. The van der Waals surface area contributed by atoms with Gasteiger partial charge in [-0.1, -0.05) is 12.1 Å². The highest BCUT2D eigenvalue weighted by Crippen LogP contribution is 2.22. The summed E-state index contributed by atoms with van der Waals surface area (Å²) in [6.45, 7) is 2.26. The van der Waals surface area contributed by atoms with Crippen molar-refractivity contribution in [2.24, 2.45) is 5.73 Å². The molecule has 0 fully saturated rings. The summed E-state index contributed by atoms with van der Waals surface area (Å²) < 4.78 is 0. The first-order chi connectivity index (χ1) is 9.49. The topological polar surface area (TPSA) is 95.6 Å². The van der Waals surface area contributed by atoms with Crippen molar-refractivity contribution in [2.75, 3.05) is 5.32 Å². The van der Waals surface area contributed by atoms with Crippen molar-refractivity contribution in [3.05, 3.63) is 53.1 Å². The predicted octanol–water partition coefficient (Wildman–Crippen LogP) is 2.12. The molecular formula is C15H16N2O3. The lowest BCUT2D eigenvalue weighted by molar-refractivity contribution is 0.102. The zero-order valence-corrected chi connectivity index (χ0v) is 11.1. The second kappa shape index (κ2) is 5.63. The Kier molecular flexibility index (Phi) is 3.91. The summed E-state index contributed by atoms with van der Waals surface area (Å²) in [6, 6.07) is 9.31. The Morgan fingerprint density at radius 2 is 1.80 bits per heavy atom. The first kappa shape index (κ1) is 13.9. The second-order valence-electron chi connectivity index (χ2n) is 4.55. The minimum atomic E-state index is -0.409. The van der Waals surface area contributed by atoms with Crippen molar-refractivity contribution in [1.29, 1.82) is 0 Å². The number of rotatable bonds is 3. The van der Waals surface area contributed by atoms with Gasteiger partial charge in [-0.15, -0.1) is 0 Å². The lowest BCUT2D eigenvalue weighted by Gasteiger charge is -2.10. The molecule has 0 aliphatic heterocycles. The maximum atomic E-state index is 12.1. The van der Waals surface area contributed by atoms with Crippen molar-refractivity contribution in [3.8, 4) is 11.5 Å². The van der Waals surface area contributed by atoms with Crippen LogP contribution in [0.15, 0.2) is 36.4 Å². The average molecular weight is 272 g/mol. The smallest absolute Gasteiger partial charge is 0.255 e. The van der Waals surface area contributed by atoms with E-state index in [-0.39, 0.29) is 17.1 Å². The maximum Gasteiger partial charge on any atom is 0.255 e. The van der Waals surface area contributed by atoms with E-state index in [4.69, 9.17) is 5.73 Å². The SMILES string of the molecule is Cc1ccc(CN)cc1NC(=O)c1cc(O)cc(O)c1. The van der Waals surface area contributed by atoms with Gasteiger partial charge >= 0.3 is 0 Å². The lowest BCUT2D eigenvalue weighted by Crippen LogP contribution is -2.13. The molecule has 0 aliphatic rings. The van der Waals surface area contributed by atoms with Gasteiger partial charge in [0.15, 0.2) is 0 Å². The van der Waals surface area contributed by atoms with Crippen LogP contribution in [-0.2, 0) is 6.54 Å². The van der Waals surface area contributed by atoms with Gasteiger partial charge in [-0.2, -0.15) is 0 Å². The number of phenolic OH excluding ortho intramolecular Hbond substituents is 2. The van der Waals surface area contributed by atoms with Crippen molar-refractivity contribution in [1.82, 2.24) is 0 Å². The zero-order chi connectivity index (χ0) is 14.7. The van der Waals surface area contributed by atoms with Crippen LogP contribution >= 0.6 is 0 Å². The van der Waals surface area contributed by atoms with Crippen molar-refractivity contribution in [2.45, 2.75) is 13.5 Å². The van der Waals surface area contributed by atoms with Gasteiger partial charge in [0.25, 0.3) is 5.91 Å². The number of nitrogens with one attached hydrogen (secondary N) is 1. The minimum Gasteiger partial charge on any atom is -0.508 e. The summed E-state index contributed by atoms with van der Waals surface area (Å²) in [5.74, 6) is -0.737. The van der Waals surface area contributed by atoms with Gasteiger partial charge in [0.2, 0.25) is 0 Å². The molecule has 104 valence electrons. The van der Waals surface area contributed by atoms with Crippen molar-refractivity contribution < 1.29 is 15.0 Å². The summed E-state index contributed by atoms with van der Waals surface area (Å²) >= 11 is 0. The highest BCUT2D eigenvalue weighted by Gasteiger charge is 2.10. The normalized spacial score (nSPS) is 10.3. The van der Waals surface area contributed by atoms with E-state index in [9.17, 15) is 15.0 Å². The molecule has 0 spiro atoms. The van der Waals surface area contributed by atoms with Gasteiger partial charge in [0.1, 0.15) is 11.5 Å². The number of hydrogen-bond donors (Lipinski definition) is 4. The summed E-state index contributed by atoms with van der Waals surface area (Å²) in [5.41, 5.74) is 8.22. The Labute approximate surface area is 116 Å². The molecule has 2 aromatic carbocycles. The average Bonchev–Trinajstić information content (AvgIpc) is 2.40. The monoisotopic (exact) mass is 272 g/mol. The fourth-order valence-electron chi connectivity index (χ4n) is 1.85. The molecule has 0 bridgehead atoms. The van der Waals surface area contributed by atoms with E-state index in [1.807, 2.05) is 19.1 Å². The van der Waals surface area contributed by atoms with Crippen LogP contribution in [0.4, 0.5) is 5.69 Å². The van der Waals surface area contributed by atoms with Gasteiger partial charge in [0, 0.05) is 23.9 Å². The molecule has 0 unspecified atom stereocenters. The van der Waals surface area contributed by atoms with Gasteiger partial charge < -0.3 is 21.3 Å². The van der Waals surface area contributed by atoms with Crippen LogP contribution in [0.2, 0.25) is 0 Å². The molecule has 5 N–H and O–H groups in total. The highest BCUT2D eigenvalue weighted by atomic mass is 16.3. The summed E-state index contributed by atoms with van der Waals surface area (Å²) in [7, 11) is 0. The summed E-state index contributed by atoms with van der Waals surface area (Å²) in [5, 5.41) is 21.5. The number of amides is 1. The Balaban J connectivity index is 2.27. The Morgan fingerprint density at radius 3 is 2.40 bits per heavy atom. The van der Waals surface area contributed by atoms with Gasteiger partial charge in [-0.3, -0.25) is 4.79 Å². The molecule has 0 radical (unpaired) electrons. The van der Waals surface area contributed by atoms with E-state index in [1.165, 1.54) is 12.1 Å². The van der Waals surface area contributed by atoms with Crippen LogP contribution in [-0.4, -0.2) is 16.1 Å². The number of anilines is 1. The Bertz CT molecular complexity index is 633. The molecule has 5 heteroatoms. The molecule has 20 heavy (non-hydrogen) atoms. The molecule has 0 heterocycles. The number of nitrogens with two attached hydrogens (primary N) is 1. The Morgan fingerprint density at radius 1 is 1.15 bits per heavy atom. The predicted molar refractivity (Wildman–Crippen MR) is 76.8 cm³/mol. The molecule has 0 saturated carbocycles. The van der Waals surface area contributed by atoms with Gasteiger partial charge in [-0.05, 0) is 36.2 Å². The third-order valence-electron chi connectivity index (χ3n) is 2.95. The number of hydrogen-bond acceptors (Lipinski definition) is 4. The van der Waals surface area contributed by atoms with E-state index in [2.05, 4.69) is 5.32 Å². The van der Waals surface area contributed by atoms with Crippen LogP contribution in [0, 0.1) is 6.92 Å². The van der Waals surface area contributed by atoms with E-state index in [1.54, 1.807) is 6.07 Å². The van der Waals surface area contributed by atoms with Gasteiger partial charge in [0.05, 0.1) is 0 Å². The maximum absolute atomic E-state index is 12.1. The van der Waals surface area contributed by atoms with Crippen LogP contribution < -0.4 is 11.1 Å². The molecule has 2 rings (SSSR count). The molecule has 0 aliphatic carbocycles. The molecule has 0 atom stereocenters. The summed E-state index contributed by atoms with van der Waals surface area (Å²) in [6.07, 6.45) is 0. The first-order valence-corrected chi connectivity index (χ1v) is 6.13. The third kappa shape index (κ3) is 3.07. The number of carbonyl (C=O) groups excluding carboxylic acids is 1. The first-order valence-electron chi connectivity index (χ1n) is 6.13. The number of aryl methyl sites for hydroxylation is 1. The molecule has 0 saturated heterocycles. The van der Waals surface area contributed by atoms with Crippen molar-refractivity contribution >= 4 is 11.6 Å². The molecule has 2 aromatic rings. The third-order valence-corrected chi connectivity index (χ3v) is 2.95. The summed E-state index contributed by atoms with van der Waals surface area (Å²) in [4.78, 5) is 12.1. The van der Waals surface area contributed by atoms with Crippen LogP contribution in [0.5, 0.6) is 11.5 Å². The van der Waals surface area contributed by atoms with Gasteiger partial charge in [-0.25, -0.2) is 0 Å². The molecule has 1 amide bonds.